The van der Waals surface area contributed by atoms with Crippen molar-refractivity contribution < 1.29 is 4.79 Å². The van der Waals surface area contributed by atoms with Crippen molar-refractivity contribution in [3.8, 4) is 0 Å². The maximum atomic E-state index is 12.4. The first kappa shape index (κ1) is 13.9. The van der Waals surface area contributed by atoms with Crippen molar-refractivity contribution in [2.45, 2.75) is 71.4 Å². The van der Waals surface area contributed by atoms with Crippen molar-refractivity contribution in [2.75, 3.05) is 6.54 Å². The van der Waals surface area contributed by atoms with E-state index >= 15 is 0 Å². The second-order valence-corrected chi connectivity index (χ2v) is 6.77. The zero-order chi connectivity index (χ0) is 13.2. The van der Waals surface area contributed by atoms with Crippen LogP contribution in [0.4, 0.5) is 0 Å². The van der Waals surface area contributed by atoms with Gasteiger partial charge in [0, 0.05) is 6.04 Å². The Balaban J connectivity index is 1.88. The van der Waals surface area contributed by atoms with Crippen LogP contribution < -0.4 is 10.6 Å². The van der Waals surface area contributed by atoms with Crippen LogP contribution in [0, 0.1) is 11.3 Å². The zero-order valence-corrected chi connectivity index (χ0v) is 12.1. The van der Waals surface area contributed by atoms with Gasteiger partial charge in [-0.3, -0.25) is 4.79 Å². The summed E-state index contributed by atoms with van der Waals surface area (Å²) in [6.07, 6.45) is 7.26. The minimum Gasteiger partial charge on any atom is -0.352 e. The number of nitrogens with one attached hydrogen (secondary N) is 2. The van der Waals surface area contributed by atoms with Gasteiger partial charge in [-0.1, -0.05) is 33.6 Å². The number of amides is 1. The van der Waals surface area contributed by atoms with E-state index in [4.69, 9.17) is 0 Å². The number of hydrogen-bond acceptors (Lipinski definition) is 2. The minimum absolute atomic E-state index is 0.0143. The Morgan fingerprint density at radius 2 is 2.17 bits per heavy atom. The quantitative estimate of drug-likeness (QED) is 0.789. The van der Waals surface area contributed by atoms with Crippen LogP contribution in [0.1, 0.15) is 59.3 Å². The molecule has 0 bridgehead atoms. The van der Waals surface area contributed by atoms with Gasteiger partial charge in [-0.2, -0.15) is 0 Å². The standard InChI is InChI=1S/C15H28N2O/c1-4-12(10-11-6-7-11)17-14(18)13-15(2,3)8-5-9-16-13/h11-13,16H,4-10H2,1-3H3,(H,17,18). The first-order chi connectivity index (χ1) is 8.53. The average molecular weight is 252 g/mol. The third kappa shape index (κ3) is 3.47. The van der Waals surface area contributed by atoms with E-state index in [1.165, 1.54) is 25.7 Å². The first-order valence-electron chi connectivity index (χ1n) is 7.56. The Bertz CT molecular complexity index is 297. The van der Waals surface area contributed by atoms with Gasteiger partial charge in [-0.25, -0.2) is 0 Å². The summed E-state index contributed by atoms with van der Waals surface area (Å²) >= 11 is 0. The summed E-state index contributed by atoms with van der Waals surface area (Å²) in [5.41, 5.74) is 0.0835. The second kappa shape index (κ2) is 5.60. The molecule has 0 spiro atoms. The Morgan fingerprint density at radius 3 is 2.72 bits per heavy atom. The smallest absolute Gasteiger partial charge is 0.237 e. The summed E-state index contributed by atoms with van der Waals surface area (Å²) < 4.78 is 0. The van der Waals surface area contributed by atoms with E-state index in [1.54, 1.807) is 0 Å². The van der Waals surface area contributed by atoms with Crippen LogP contribution in [0.5, 0.6) is 0 Å². The van der Waals surface area contributed by atoms with Crippen LogP contribution in [0.25, 0.3) is 0 Å². The average Bonchev–Trinajstić information content (AvgIpc) is 3.11. The van der Waals surface area contributed by atoms with Crippen LogP contribution in [0.15, 0.2) is 0 Å². The van der Waals surface area contributed by atoms with Gasteiger partial charge in [0.15, 0.2) is 0 Å². The van der Waals surface area contributed by atoms with Crippen molar-refractivity contribution in [1.29, 1.82) is 0 Å². The molecule has 2 aliphatic rings. The Morgan fingerprint density at radius 1 is 1.44 bits per heavy atom. The van der Waals surface area contributed by atoms with E-state index in [0.29, 0.717) is 6.04 Å². The molecule has 0 aromatic heterocycles. The molecule has 1 saturated heterocycles. The summed E-state index contributed by atoms with van der Waals surface area (Å²) in [6, 6.07) is 0.365. The molecule has 2 N–H and O–H groups in total. The second-order valence-electron chi connectivity index (χ2n) is 6.77. The Kier molecular flexibility index (Phi) is 4.31. The molecule has 18 heavy (non-hydrogen) atoms. The van der Waals surface area contributed by atoms with E-state index in [9.17, 15) is 4.79 Å². The molecule has 3 nitrogen and oxygen atoms in total. The predicted molar refractivity (Wildman–Crippen MR) is 74.4 cm³/mol. The van der Waals surface area contributed by atoms with Gasteiger partial charge >= 0.3 is 0 Å². The van der Waals surface area contributed by atoms with Crippen molar-refractivity contribution in [1.82, 2.24) is 10.6 Å². The van der Waals surface area contributed by atoms with Gasteiger partial charge in [0.25, 0.3) is 0 Å². The Labute approximate surface area is 111 Å². The summed E-state index contributed by atoms with van der Waals surface area (Å²) in [6.45, 7) is 7.55. The molecular weight excluding hydrogens is 224 g/mol. The number of rotatable bonds is 5. The fourth-order valence-corrected chi connectivity index (χ4v) is 3.03. The normalized spacial score (nSPS) is 28.7. The number of piperidine rings is 1. The van der Waals surface area contributed by atoms with Crippen molar-refractivity contribution in [3.63, 3.8) is 0 Å². The van der Waals surface area contributed by atoms with E-state index in [0.717, 1.165) is 25.3 Å². The molecule has 1 amide bonds. The van der Waals surface area contributed by atoms with E-state index in [2.05, 4.69) is 31.4 Å². The molecule has 1 saturated carbocycles. The lowest BCUT2D eigenvalue weighted by Gasteiger charge is -2.39. The highest BCUT2D eigenvalue weighted by Crippen LogP contribution is 2.34. The molecule has 1 heterocycles. The largest absolute Gasteiger partial charge is 0.352 e. The molecular formula is C15H28N2O. The fraction of sp³-hybridized carbons (Fsp3) is 0.933. The number of hydrogen-bond donors (Lipinski definition) is 2. The Hall–Kier alpha value is -0.570. The number of carbonyl (C=O) groups is 1. The van der Waals surface area contributed by atoms with Crippen molar-refractivity contribution in [3.05, 3.63) is 0 Å². The summed E-state index contributed by atoms with van der Waals surface area (Å²) in [7, 11) is 0. The molecule has 2 atom stereocenters. The molecule has 0 radical (unpaired) electrons. The lowest BCUT2D eigenvalue weighted by Crippen LogP contribution is -2.57. The van der Waals surface area contributed by atoms with E-state index in [1.807, 2.05) is 0 Å². The van der Waals surface area contributed by atoms with Crippen LogP contribution >= 0.6 is 0 Å². The SMILES string of the molecule is CCC(CC1CC1)NC(=O)C1NCCCC1(C)C. The van der Waals surface area contributed by atoms with Gasteiger partial charge in [-0.15, -0.1) is 0 Å². The van der Waals surface area contributed by atoms with Gasteiger partial charge in [0.05, 0.1) is 6.04 Å². The fourth-order valence-electron chi connectivity index (χ4n) is 3.03. The molecule has 0 aromatic carbocycles. The molecule has 0 aromatic rings. The highest BCUT2D eigenvalue weighted by Gasteiger charge is 2.38. The first-order valence-corrected chi connectivity index (χ1v) is 7.56. The summed E-state index contributed by atoms with van der Waals surface area (Å²) in [5.74, 6) is 1.09. The van der Waals surface area contributed by atoms with Crippen molar-refractivity contribution >= 4 is 5.91 Å². The van der Waals surface area contributed by atoms with Gasteiger partial charge < -0.3 is 10.6 Å². The van der Waals surface area contributed by atoms with Gasteiger partial charge in [0.2, 0.25) is 5.91 Å². The van der Waals surface area contributed by atoms with E-state index < -0.39 is 0 Å². The molecule has 2 fully saturated rings. The predicted octanol–water partition coefficient (Wildman–Crippen LogP) is 2.46. The van der Waals surface area contributed by atoms with Crippen LogP contribution in [0.2, 0.25) is 0 Å². The molecule has 2 rings (SSSR count). The molecule has 1 aliphatic heterocycles. The maximum Gasteiger partial charge on any atom is 0.237 e. The van der Waals surface area contributed by atoms with E-state index in [-0.39, 0.29) is 17.4 Å². The molecule has 2 unspecified atom stereocenters. The topological polar surface area (TPSA) is 41.1 Å². The van der Waals surface area contributed by atoms with Crippen LogP contribution in [0.3, 0.4) is 0 Å². The minimum atomic E-state index is -0.0143. The third-order valence-electron chi connectivity index (χ3n) is 4.54. The molecule has 104 valence electrons. The molecule has 3 heteroatoms. The third-order valence-corrected chi connectivity index (χ3v) is 4.54. The van der Waals surface area contributed by atoms with Crippen molar-refractivity contribution in [2.24, 2.45) is 11.3 Å². The van der Waals surface area contributed by atoms with Gasteiger partial charge in [-0.05, 0) is 43.6 Å². The lowest BCUT2D eigenvalue weighted by molar-refractivity contribution is -0.127. The summed E-state index contributed by atoms with van der Waals surface area (Å²) in [4.78, 5) is 12.4. The number of carbonyl (C=O) groups excluding carboxylic acids is 1. The van der Waals surface area contributed by atoms with Crippen LogP contribution in [-0.4, -0.2) is 24.5 Å². The lowest BCUT2D eigenvalue weighted by atomic mass is 9.77. The monoisotopic (exact) mass is 252 g/mol. The molecule has 1 aliphatic carbocycles. The maximum absolute atomic E-state index is 12.4. The highest BCUT2D eigenvalue weighted by molar-refractivity contribution is 5.83. The van der Waals surface area contributed by atoms with Crippen LogP contribution in [-0.2, 0) is 4.79 Å². The van der Waals surface area contributed by atoms with Gasteiger partial charge in [0.1, 0.15) is 0 Å². The highest BCUT2D eigenvalue weighted by atomic mass is 16.2. The summed E-state index contributed by atoms with van der Waals surface area (Å²) in [5, 5.41) is 6.66. The zero-order valence-electron chi connectivity index (χ0n) is 12.1.